The molecule has 1 aliphatic rings. The molecule has 1 heterocycles. The van der Waals surface area contributed by atoms with E-state index in [-0.39, 0.29) is 11.1 Å². The Balaban J connectivity index is 0.00000106. The average molecular weight is 248 g/mol. The molecule has 0 aromatic heterocycles. The molecule has 0 aromatic carbocycles. The third-order valence-corrected chi connectivity index (χ3v) is 2.84. The number of nitrogens with zero attached hydrogens (tertiary/aromatic N) is 1. The van der Waals surface area contributed by atoms with Gasteiger partial charge in [-0.3, -0.25) is 20.7 Å². The molecule has 1 aliphatic heterocycles. The maximum Gasteiger partial charge on any atom is 0.287 e. The lowest BCUT2D eigenvalue weighted by Crippen LogP contribution is -2.45. The van der Waals surface area contributed by atoms with Crippen molar-refractivity contribution in [2.75, 3.05) is 20.1 Å². The lowest BCUT2D eigenvalue weighted by molar-refractivity contribution is -0.121. The largest absolute Gasteiger partial charge is 0.320 e. The van der Waals surface area contributed by atoms with E-state index in [1.807, 2.05) is 20.9 Å². The standard InChI is InChI=1S/C7H14N4O2S.C2H6/c1-9-3-2-4-11(8)6-5(12)10-7(13)14-6;1-2/h6,9H,2-4,8H2,1H3,(H,10,12,13);1-2H3. The zero-order valence-corrected chi connectivity index (χ0v) is 10.8. The smallest absolute Gasteiger partial charge is 0.287 e. The maximum atomic E-state index is 11.2. The maximum absolute atomic E-state index is 11.2. The van der Waals surface area contributed by atoms with Gasteiger partial charge < -0.3 is 5.32 Å². The van der Waals surface area contributed by atoms with Crippen molar-refractivity contribution in [2.45, 2.75) is 25.6 Å². The van der Waals surface area contributed by atoms with Gasteiger partial charge in [0, 0.05) is 6.54 Å². The number of carbonyl (C=O) groups is 2. The number of hydrazine groups is 1. The Morgan fingerprint density at radius 3 is 2.56 bits per heavy atom. The van der Waals surface area contributed by atoms with Crippen molar-refractivity contribution in [1.82, 2.24) is 15.6 Å². The van der Waals surface area contributed by atoms with Crippen LogP contribution in [0.25, 0.3) is 0 Å². The highest BCUT2D eigenvalue weighted by Gasteiger charge is 2.34. The molecule has 1 rings (SSSR count). The van der Waals surface area contributed by atoms with E-state index in [4.69, 9.17) is 5.84 Å². The molecule has 0 aromatic rings. The Morgan fingerprint density at radius 1 is 1.50 bits per heavy atom. The van der Waals surface area contributed by atoms with Crippen LogP contribution >= 0.6 is 11.8 Å². The number of nitrogens with two attached hydrogens (primary N) is 1. The van der Waals surface area contributed by atoms with Gasteiger partial charge in [-0.2, -0.15) is 0 Å². The zero-order chi connectivity index (χ0) is 12.6. The van der Waals surface area contributed by atoms with Crippen molar-refractivity contribution >= 4 is 22.9 Å². The Kier molecular flexibility index (Phi) is 8.18. The first-order chi connectivity index (χ1) is 7.65. The highest BCUT2D eigenvalue weighted by Crippen LogP contribution is 2.20. The quantitative estimate of drug-likeness (QED) is 0.363. The number of amides is 2. The first-order valence-corrected chi connectivity index (χ1v) is 6.20. The molecule has 7 heteroatoms. The van der Waals surface area contributed by atoms with Crippen molar-refractivity contribution in [2.24, 2.45) is 5.84 Å². The van der Waals surface area contributed by atoms with E-state index in [1.165, 1.54) is 5.01 Å². The monoisotopic (exact) mass is 248 g/mol. The molecule has 2 amide bonds. The lowest BCUT2D eigenvalue weighted by Gasteiger charge is -2.19. The first-order valence-electron chi connectivity index (χ1n) is 5.32. The van der Waals surface area contributed by atoms with Gasteiger partial charge in [-0.1, -0.05) is 13.8 Å². The summed E-state index contributed by atoms with van der Waals surface area (Å²) in [6.45, 7) is 5.42. The first kappa shape index (κ1) is 15.4. The summed E-state index contributed by atoms with van der Waals surface area (Å²) < 4.78 is 0. The second-order valence-electron chi connectivity index (χ2n) is 2.94. The SMILES string of the molecule is CC.CNCCCN(N)C1SC(=O)NC1=O. The summed E-state index contributed by atoms with van der Waals surface area (Å²) in [5.41, 5.74) is 0. The second kappa shape index (κ2) is 8.51. The van der Waals surface area contributed by atoms with Gasteiger partial charge in [-0.05, 0) is 31.8 Å². The van der Waals surface area contributed by atoms with Gasteiger partial charge in [-0.25, -0.2) is 5.01 Å². The lowest BCUT2D eigenvalue weighted by atomic mass is 10.4. The van der Waals surface area contributed by atoms with Crippen molar-refractivity contribution in [3.8, 4) is 0 Å². The summed E-state index contributed by atoms with van der Waals surface area (Å²) in [7, 11) is 1.85. The molecule has 0 radical (unpaired) electrons. The predicted octanol–water partition coefficient (Wildman–Crippen LogP) is 0.107. The van der Waals surface area contributed by atoms with Crippen LogP contribution < -0.4 is 16.5 Å². The average Bonchev–Trinajstić information content (AvgIpc) is 2.61. The van der Waals surface area contributed by atoms with Crippen molar-refractivity contribution in [3.05, 3.63) is 0 Å². The number of thioether (sulfide) groups is 1. The fraction of sp³-hybridized carbons (Fsp3) is 0.778. The van der Waals surface area contributed by atoms with Crippen molar-refractivity contribution in [3.63, 3.8) is 0 Å². The van der Waals surface area contributed by atoms with E-state index in [9.17, 15) is 9.59 Å². The van der Waals surface area contributed by atoms with E-state index in [0.717, 1.165) is 24.7 Å². The molecular weight excluding hydrogens is 228 g/mol. The van der Waals surface area contributed by atoms with Crippen LogP contribution in [0.2, 0.25) is 0 Å². The van der Waals surface area contributed by atoms with E-state index in [0.29, 0.717) is 6.54 Å². The molecule has 16 heavy (non-hydrogen) atoms. The summed E-state index contributed by atoms with van der Waals surface area (Å²) >= 11 is 0.921. The van der Waals surface area contributed by atoms with Crippen molar-refractivity contribution in [1.29, 1.82) is 0 Å². The van der Waals surface area contributed by atoms with Crippen LogP contribution in [0.4, 0.5) is 4.79 Å². The van der Waals surface area contributed by atoms with Crippen LogP contribution in [0.3, 0.4) is 0 Å². The van der Waals surface area contributed by atoms with E-state index in [2.05, 4.69) is 10.6 Å². The van der Waals surface area contributed by atoms with Crippen LogP contribution in [0.5, 0.6) is 0 Å². The Hall–Kier alpha value is -0.630. The Labute approximate surface area is 100 Å². The van der Waals surface area contributed by atoms with Crippen LogP contribution in [0.15, 0.2) is 0 Å². The fourth-order valence-electron chi connectivity index (χ4n) is 1.12. The topological polar surface area (TPSA) is 87.5 Å². The molecule has 1 atom stereocenters. The molecule has 6 nitrogen and oxygen atoms in total. The second-order valence-corrected chi connectivity index (χ2v) is 3.99. The fourth-order valence-corrected chi connectivity index (χ4v) is 1.89. The van der Waals surface area contributed by atoms with E-state index < -0.39 is 5.37 Å². The highest BCUT2D eigenvalue weighted by atomic mass is 32.2. The minimum atomic E-state index is -0.570. The van der Waals surface area contributed by atoms with Crippen LogP contribution in [0.1, 0.15) is 20.3 Å². The Bertz CT molecular complexity index is 238. The van der Waals surface area contributed by atoms with Gasteiger partial charge in [0.15, 0.2) is 5.37 Å². The van der Waals surface area contributed by atoms with Gasteiger partial charge in [-0.15, -0.1) is 0 Å². The number of hydrogen-bond donors (Lipinski definition) is 3. The van der Waals surface area contributed by atoms with Gasteiger partial charge >= 0.3 is 0 Å². The summed E-state index contributed by atoms with van der Waals surface area (Å²) in [6, 6.07) is 0. The molecule has 94 valence electrons. The molecule has 0 spiro atoms. The number of imide groups is 1. The summed E-state index contributed by atoms with van der Waals surface area (Å²) in [5.74, 6) is 5.32. The van der Waals surface area contributed by atoms with Gasteiger partial charge in [0.2, 0.25) is 0 Å². The normalized spacial score (nSPS) is 19.4. The van der Waals surface area contributed by atoms with Crippen LogP contribution in [0, 0.1) is 0 Å². The minimum absolute atomic E-state index is 0.327. The molecule has 1 unspecified atom stereocenters. The molecule has 1 saturated heterocycles. The van der Waals surface area contributed by atoms with Crippen molar-refractivity contribution < 1.29 is 9.59 Å². The number of carbonyl (C=O) groups excluding carboxylic acids is 2. The minimum Gasteiger partial charge on any atom is -0.320 e. The number of rotatable bonds is 5. The van der Waals surface area contributed by atoms with Crippen LogP contribution in [-0.4, -0.2) is 41.7 Å². The number of nitrogens with one attached hydrogen (secondary N) is 2. The summed E-state index contributed by atoms with van der Waals surface area (Å²) in [5, 5.41) is 5.65. The highest BCUT2D eigenvalue weighted by molar-refractivity contribution is 8.15. The molecule has 0 saturated carbocycles. The Morgan fingerprint density at radius 2 is 2.12 bits per heavy atom. The van der Waals surface area contributed by atoms with E-state index in [1.54, 1.807) is 0 Å². The van der Waals surface area contributed by atoms with Crippen LogP contribution in [-0.2, 0) is 4.79 Å². The van der Waals surface area contributed by atoms with Gasteiger partial charge in [0.05, 0.1) is 0 Å². The third-order valence-electron chi connectivity index (χ3n) is 1.81. The third kappa shape index (κ3) is 4.93. The summed E-state index contributed by atoms with van der Waals surface area (Å²) in [4.78, 5) is 22.0. The molecule has 4 N–H and O–H groups in total. The molecule has 1 fully saturated rings. The van der Waals surface area contributed by atoms with Gasteiger partial charge in [0.1, 0.15) is 0 Å². The summed E-state index contributed by atoms with van der Waals surface area (Å²) in [6.07, 6.45) is 0.839. The molecule has 0 bridgehead atoms. The molecule has 0 aliphatic carbocycles. The number of hydrogen-bond acceptors (Lipinski definition) is 6. The van der Waals surface area contributed by atoms with E-state index >= 15 is 0 Å². The molecular formula is C9H20N4O2S. The zero-order valence-electron chi connectivity index (χ0n) is 9.95. The predicted molar refractivity (Wildman–Crippen MR) is 65.7 cm³/mol. The van der Waals surface area contributed by atoms with Gasteiger partial charge in [0.25, 0.3) is 11.1 Å².